The summed E-state index contributed by atoms with van der Waals surface area (Å²) in [5, 5.41) is 10.8. The Morgan fingerprint density at radius 3 is 2.40 bits per heavy atom. The van der Waals surface area contributed by atoms with Crippen molar-refractivity contribution in [2.24, 2.45) is 0 Å². The second kappa shape index (κ2) is 5.88. The van der Waals surface area contributed by atoms with Gasteiger partial charge in [0.2, 0.25) is 0 Å². The molecule has 0 aliphatic heterocycles. The van der Waals surface area contributed by atoms with E-state index in [2.05, 4.69) is 31.9 Å². The highest BCUT2D eigenvalue weighted by molar-refractivity contribution is 9.11. The van der Waals surface area contributed by atoms with Crippen LogP contribution in [-0.4, -0.2) is 4.92 Å². The van der Waals surface area contributed by atoms with Crippen LogP contribution in [0.25, 0.3) is 0 Å². The highest BCUT2D eigenvalue weighted by Crippen LogP contribution is 2.37. The standard InChI is InChI=1S/C13H8Br2FNO3/c1-7-4-13(10(15)6-11(7)17(18)19)20-12-3-2-8(16)5-9(12)14/h2-6H,1H3. The van der Waals surface area contributed by atoms with Crippen LogP contribution in [0, 0.1) is 22.9 Å². The van der Waals surface area contributed by atoms with Gasteiger partial charge in [0.15, 0.2) is 0 Å². The van der Waals surface area contributed by atoms with Gasteiger partial charge in [-0.1, -0.05) is 0 Å². The van der Waals surface area contributed by atoms with Crippen LogP contribution in [0.3, 0.4) is 0 Å². The largest absolute Gasteiger partial charge is 0.455 e. The molecule has 0 amide bonds. The number of hydrogen-bond acceptors (Lipinski definition) is 3. The van der Waals surface area contributed by atoms with Gasteiger partial charge in [-0.3, -0.25) is 10.1 Å². The van der Waals surface area contributed by atoms with Gasteiger partial charge in [0, 0.05) is 11.6 Å². The van der Waals surface area contributed by atoms with Gasteiger partial charge in [0.1, 0.15) is 17.3 Å². The van der Waals surface area contributed by atoms with E-state index >= 15 is 0 Å². The lowest BCUT2D eigenvalue weighted by atomic mass is 10.2. The summed E-state index contributed by atoms with van der Waals surface area (Å²) in [6, 6.07) is 6.95. The molecule has 20 heavy (non-hydrogen) atoms. The minimum Gasteiger partial charge on any atom is -0.455 e. The molecule has 0 aromatic heterocycles. The number of rotatable bonds is 3. The fourth-order valence-corrected chi connectivity index (χ4v) is 2.44. The molecule has 0 unspecified atom stereocenters. The summed E-state index contributed by atoms with van der Waals surface area (Å²) < 4.78 is 19.5. The molecule has 0 atom stereocenters. The van der Waals surface area contributed by atoms with E-state index in [-0.39, 0.29) is 11.5 Å². The third-order valence-corrected chi connectivity index (χ3v) is 3.80. The minimum absolute atomic E-state index is 0.00222. The highest BCUT2D eigenvalue weighted by Gasteiger charge is 2.16. The maximum absolute atomic E-state index is 13.0. The summed E-state index contributed by atoms with van der Waals surface area (Å²) in [6.07, 6.45) is 0. The van der Waals surface area contributed by atoms with Gasteiger partial charge in [-0.15, -0.1) is 0 Å². The van der Waals surface area contributed by atoms with Crippen LogP contribution < -0.4 is 4.74 Å². The van der Waals surface area contributed by atoms with Crippen molar-refractivity contribution < 1.29 is 14.1 Å². The number of benzene rings is 2. The highest BCUT2D eigenvalue weighted by atomic mass is 79.9. The second-order valence-corrected chi connectivity index (χ2v) is 5.71. The van der Waals surface area contributed by atoms with Crippen LogP contribution in [0.1, 0.15) is 5.56 Å². The number of aryl methyl sites for hydroxylation is 1. The van der Waals surface area contributed by atoms with E-state index in [1.54, 1.807) is 13.0 Å². The van der Waals surface area contributed by atoms with Crippen molar-refractivity contribution in [2.45, 2.75) is 6.92 Å². The maximum atomic E-state index is 13.0. The Bertz CT molecular complexity index is 692. The van der Waals surface area contributed by atoms with E-state index in [0.29, 0.717) is 26.0 Å². The molecule has 0 heterocycles. The van der Waals surface area contributed by atoms with Gasteiger partial charge in [0.05, 0.1) is 13.9 Å². The van der Waals surface area contributed by atoms with Crippen LogP contribution in [0.4, 0.5) is 10.1 Å². The Kier molecular flexibility index (Phi) is 4.39. The first kappa shape index (κ1) is 14.9. The van der Waals surface area contributed by atoms with E-state index in [1.807, 2.05) is 0 Å². The van der Waals surface area contributed by atoms with Crippen molar-refractivity contribution in [1.82, 2.24) is 0 Å². The molecule has 0 aliphatic rings. The quantitative estimate of drug-likeness (QED) is 0.511. The Morgan fingerprint density at radius 2 is 1.80 bits per heavy atom. The summed E-state index contributed by atoms with van der Waals surface area (Å²) in [5.41, 5.74) is 0.480. The zero-order valence-corrected chi connectivity index (χ0v) is 13.4. The molecule has 2 rings (SSSR count). The van der Waals surface area contributed by atoms with E-state index in [1.165, 1.54) is 24.3 Å². The Balaban J connectivity index is 2.39. The van der Waals surface area contributed by atoms with Gasteiger partial charge < -0.3 is 4.74 Å². The van der Waals surface area contributed by atoms with E-state index in [4.69, 9.17) is 4.74 Å². The molecule has 0 saturated carbocycles. The van der Waals surface area contributed by atoms with Crippen molar-refractivity contribution in [1.29, 1.82) is 0 Å². The molecule has 2 aromatic rings. The molecule has 104 valence electrons. The summed E-state index contributed by atoms with van der Waals surface area (Å²) in [5.74, 6) is 0.448. The molecule has 4 nitrogen and oxygen atoms in total. The number of ether oxygens (including phenoxy) is 1. The topological polar surface area (TPSA) is 52.4 Å². The minimum atomic E-state index is -0.461. The van der Waals surface area contributed by atoms with Gasteiger partial charge in [-0.2, -0.15) is 0 Å². The molecule has 0 fully saturated rings. The summed E-state index contributed by atoms with van der Waals surface area (Å²) in [4.78, 5) is 10.4. The van der Waals surface area contributed by atoms with Crippen LogP contribution in [0.2, 0.25) is 0 Å². The van der Waals surface area contributed by atoms with Crippen LogP contribution in [0.5, 0.6) is 11.5 Å². The van der Waals surface area contributed by atoms with Gasteiger partial charge in [-0.05, 0) is 63.0 Å². The average molecular weight is 405 g/mol. The average Bonchev–Trinajstić information content (AvgIpc) is 2.36. The Morgan fingerprint density at radius 1 is 1.15 bits per heavy atom. The van der Waals surface area contributed by atoms with Crippen molar-refractivity contribution in [2.75, 3.05) is 0 Å². The molecular weight excluding hydrogens is 397 g/mol. The maximum Gasteiger partial charge on any atom is 0.273 e. The van der Waals surface area contributed by atoms with Crippen molar-refractivity contribution in [3.8, 4) is 11.5 Å². The zero-order chi connectivity index (χ0) is 14.9. The number of hydrogen-bond donors (Lipinski definition) is 0. The Labute approximate surface area is 131 Å². The fraction of sp³-hybridized carbons (Fsp3) is 0.0769. The first-order chi connectivity index (χ1) is 9.38. The predicted octanol–water partition coefficient (Wildman–Crippen LogP) is 5.36. The summed E-state index contributed by atoms with van der Waals surface area (Å²) in [7, 11) is 0. The molecular formula is C13H8Br2FNO3. The van der Waals surface area contributed by atoms with Crippen LogP contribution >= 0.6 is 31.9 Å². The molecule has 2 aromatic carbocycles. The number of nitro benzene ring substituents is 1. The lowest BCUT2D eigenvalue weighted by Gasteiger charge is -2.10. The predicted molar refractivity (Wildman–Crippen MR) is 79.7 cm³/mol. The monoisotopic (exact) mass is 403 g/mol. The van der Waals surface area contributed by atoms with Crippen molar-refractivity contribution in [3.05, 3.63) is 60.8 Å². The lowest BCUT2D eigenvalue weighted by molar-refractivity contribution is -0.385. The number of nitro groups is 1. The number of nitrogens with zero attached hydrogens (tertiary/aromatic N) is 1. The molecule has 0 bridgehead atoms. The SMILES string of the molecule is Cc1cc(Oc2ccc(F)cc2Br)c(Br)cc1[N+](=O)[O-]. The van der Waals surface area contributed by atoms with Crippen LogP contribution in [0.15, 0.2) is 39.3 Å². The molecule has 0 radical (unpaired) electrons. The molecule has 0 N–H and O–H groups in total. The molecule has 0 saturated heterocycles. The first-order valence-electron chi connectivity index (χ1n) is 5.46. The summed E-state index contributed by atoms with van der Waals surface area (Å²) >= 11 is 6.42. The molecule has 0 spiro atoms. The lowest BCUT2D eigenvalue weighted by Crippen LogP contribution is -1.94. The smallest absolute Gasteiger partial charge is 0.273 e. The van der Waals surface area contributed by atoms with Gasteiger partial charge in [-0.25, -0.2) is 4.39 Å². The van der Waals surface area contributed by atoms with E-state index < -0.39 is 4.92 Å². The number of halogens is 3. The van der Waals surface area contributed by atoms with Crippen LogP contribution in [-0.2, 0) is 0 Å². The Hall–Kier alpha value is -1.47. The first-order valence-corrected chi connectivity index (χ1v) is 7.04. The van der Waals surface area contributed by atoms with Crippen molar-refractivity contribution >= 4 is 37.5 Å². The fourth-order valence-electron chi connectivity index (χ4n) is 1.60. The molecule has 7 heteroatoms. The second-order valence-electron chi connectivity index (χ2n) is 4.00. The van der Waals surface area contributed by atoms with Crippen molar-refractivity contribution in [3.63, 3.8) is 0 Å². The van der Waals surface area contributed by atoms with E-state index in [9.17, 15) is 14.5 Å². The normalized spacial score (nSPS) is 10.4. The third kappa shape index (κ3) is 3.16. The van der Waals surface area contributed by atoms with E-state index in [0.717, 1.165) is 0 Å². The third-order valence-electron chi connectivity index (χ3n) is 2.56. The summed E-state index contributed by atoms with van der Waals surface area (Å²) in [6.45, 7) is 1.62. The zero-order valence-electron chi connectivity index (χ0n) is 10.2. The van der Waals surface area contributed by atoms with Gasteiger partial charge >= 0.3 is 0 Å². The molecule has 0 aliphatic carbocycles. The van der Waals surface area contributed by atoms with Gasteiger partial charge in [0.25, 0.3) is 5.69 Å².